The zero-order valence-corrected chi connectivity index (χ0v) is 15.7. The Morgan fingerprint density at radius 3 is 2.61 bits per heavy atom. The van der Waals surface area contributed by atoms with Gasteiger partial charge in [-0.15, -0.1) is 0 Å². The van der Waals surface area contributed by atoms with E-state index in [2.05, 4.69) is 4.98 Å². The van der Waals surface area contributed by atoms with E-state index < -0.39 is 5.56 Å². The molecule has 0 saturated carbocycles. The van der Waals surface area contributed by atoms with Crippen molar-refractivity contribution in [1.82, 2.24) is 4.98 Å². The number of aromatic amines is 1. The van der Waals surface area contributed by atoms with Crippen LogP contribution in [-0.2, 0) is 0 Å². The minimum atomic E-state index is -0.400. The summed E-state index contributed by atoms with van der Waals surface area (Å²) in [6.07, 6.45) is 3.91. The summed E-state index contributed by atoms with van der Waals surface area (Å²) in [6.45, 7) is 2.16. The molecule has 1 aromatic heterocycles. The molecule has 0 fully saturated rings. The second kappa shape index (κ2) is 8.74. The Bertz CT molecular complexity index is 1090. The molecule has 0 bridgehead atoms. The number of nitrogens with one attached hydrogen (secondary N) is 1. The van der Waals surface area contributed by atoms with E-state index >= 15 is 0 Å². The Morgan fingerprint density at radius 2 is 1.89 bits per heavy atom. The minimum Gasteiger partial charge on any atom is -0.493 e. The van der Waals surface area contributed by atoms with Crippen molar-refractivity contribution in [2.24, 2.45) is 0 Å². The van der Waals surface area contributed by atoms with Gasteiger partial charge in [-0.2, -0.15) is 5.26 Å². The molecule has 0 aliphatic heterocycles. The van der Waals surface area contributed by atoms with E-state index in [1.807, 2.05) is 54.6 Å². The van der Waals surface area contributed by atoms with E-state index in [-0.39, 0.29) is 5.56 Å². The van der Waals surface area contributed by atoms with Crippen molar-refractivity contribution < 1.29 is 9.47 Å². The maximum atomic E-state index is 12.0. The summed E-state index contributed by atoms with van der Waals surface area (Å²) in [4.78, 5) is 14.7. The molecular formula is C23H20N2O3. The van der Waals surface area contributed by atoms with Crippen LogP contribution in [0.3, 0.4) is 0 Å². The molecule has 0 unspecified atom stereocenters. The molecule has 1 heterocycles. The Hall–Kier alpha value is -3.78. The van der Waals surface area contributed by atoms with Gasteiger partial charge in [0.1, 0.15) is 18.2 Å². The van der Waals surface area contributed by atoms with Gasteiger partial charge >= 0.3 is 0 Å². The van der Waals surface area contributed by atoms with Crippen molar-refractivity contribution in [2.75, 3.05) is 13.7 Å². The Labute approximate surface area is 163 Å². The fourth-order valence-corrected chi connectivity index (χ4v) is 2.87. The number of H-pyrrole nitrogens is 1. The van der Waals surface area contributed by atoms with Gasteiger partial charge in [0.05, 0.1) is 7.11 Å². The average Bonchev–Trinajstić information content (AvgIpc) is 2.71. The maximum Gasteiger partial charge on any atom is 0.266 e. The van der Waals surface area contributed by atoms with Gasteiger partial charge in [-0.05, 0) is 42.3 Å². The molecular weight excluding hydrogens is 352 g/mol. The topological polar surface area (TPSA) is 75.1 Å². The highest BCUT2D eigenvalue weighted by atomic mass is 16.5. The molecule has 0 aliphatic rings. The smallest absolute Gasteiger partial charge is 0.266 e. The highest BCUT2D eigenvalue weighted by molar-refractivity contribution is 5.72. The zero-order valence-electron chi connectivity index (χ0n) is 15.7. The third-order valence-corrected chi connectivity index (χ3v) is 4.20. The van der Waals surface area contributed by atoms with E-state index in [1.165, 1.54) is 0 Å². The fourth-order valence-electron chi connectivity index (χ4n) is 2.87. The van der Waals surface area contributed by atoms with Gasteiger partial charge in [0.2, 0.25) is 0 Å². The first-order valence-electron chi connectivity index (χ1n) is 8.79. The van der Waals surface area contributed by atoms with Crippen LogP contribution in [0.1, 0.15) is 16.8 Å². The summed E-state index contributed by atoms with van der Waals surface area (Å²) in [6, 6.07) is 19.1. The summed E-state index contributed by atoms with van der Waals surface area (Å²) in [7, 11) is 1.56. The van der Waals surface area contributed by atoms with Gasteiger partial charge in [-0.25, -0.2) is 0 Å². The molecule has 5 nitrogen and oxygen atoms in total. The number of nitrogens with zero attached hydrogens (tertiary/aromatic N) is 1. The second-order valence-electron chi connectivity index (χ2n) is 6.17. The molecule has 3 aromatic rings. The number of aromatic nitrogens is 1. The van der Waals surface area contributed by atoms with Crippen LogP contribution in [0.15, 0.2) is 65.5 Å². The number of methoxy groups -OCH3 is 1. The van der Waals surface area contributed by atoms with Crippen LogP contribution in [0.4, 0.5) is 0 Å². The van der Waals surface area contributed by atoms with Gasteiger partial charge < -0.3 is 14.5 Å². The monoisotopic (exact) mass is 372 g/mol. The van der Waals surface area contributed by atoms with Crippen LogP contribution in [0, 0.1) is 18.3 Å². The number of pyridine rings is 1. The molecule has 1 N–H and O–H groups in total. The standard InChI is InChI=1S/C23H20N2O3/c1-16-13-19(20(15-24)23(26)25-16)18-10-11-21(22(14-18)27-2)28-12-6-9-17-7-4-3-5-8-17/h3-11,13-14H,12H2,1-2H3,(H,25,26). The number of aryl methyl sites for hydroxylation is 1. The number of hydrogen-bond donors (Lipinski definition) is 1. The molecule has 5 heteroatoms. The minimum absolute atomic E-state index is 0.0760. The molecule has 0 spiro atoms. The van der Waals surface area contributed by atoms with Gasteiger partial charge in [0, 0.05) is 11.3 Å². The van der Waals surface area contributed by atoms with Gasteiger partial charge in [-0.1, -0.05) is 42.5 Å². The van der Waals surface area contributed by atoms with Crippen molar-refractivity contribution in [1.29, 1.82) is 5.26 Å². The number of ether oxygens (including phenoxy) is 2. The number of benzene rings is 2. The van der Waals surface area contributed by atoms with E-state index in [0.29, 0.717) is 29.4 Å². The summed E-state index contributed by atoms with van der Waals surface area (Å²) >= 11 is 0. The molecule has 0 atom stereocenters. The third kappa shape index (κ3) is 4.30. The normalized spacial score (nSPS) is 10.6. The first-order chi connectivity index (χ1) is 13.6. The molecule has 3 rings (SSSR count). The Morgan fingerprint density at radius 1 is 1.11 bits per heavy atom. The molecule has 0 aliphatic carbocycles. The summed E-state index contributed by atoms with van der Waals surface area (Å²) in [5.41, 5.74) is 2.74. The van der Waals surface area contributed by atoms with Crippen LogP contribution in [0.5, 0.6) is 11.5 Å². The number of nitriles is 1. The lowest BCUT2D eigenvalue weighted by molar-refractivity contribution is 0.327. The summed E-state index contributed by atoms with van der Waals surface area (Å²) in [5.74, 6) is 1.12. The van der Waals surface area contributed by atoms with Crippen molar-refractivity contribution in [3.05, 3.63) is 87.8 Å². The first kappa shape index (κ1) is 19.0. The zero-order chi connectivity index (χ0) is 19.9. The molecule has 140 valence electrons. The second-order valence-corrected chi connectivity index (χ2v) is 6.17. The first-order valence-corrected chi connectivity index (χ1v) is 8.79. The predicted octanol–water partition coefficient (Wildman–Crippen LogP) is 4.32. The molecule has 0 amide bonds. The SMILES string of the molecule is COc1cc(-c2cc(C)[nH]c(=O)c2C#N)ccc1OCC=Cc1ccccc1. The van der Waals surface area contributed by atoms with Crippen molar-refractivity contribution in [2.45, 2.75) is 6.92 Å². The quantitative estimate of drug-likeness (QED) is 0.699. The average molecular weight is 372 g/mol. The predicted molar refractivity (Wildman–Crippen MR) is 109 cm³/mol. The Balaban J connectivity index is 1.83. The fraction of sp³-hybridized carbons (Fsp3) is 0.130. The maximum absolute atomic E-state index is 12.0. The molecule has 0 radical (unpaired) electrons. The van der Waals surface area contributed by atoms with Gasteiger partial charge in [-0.3, -0.25) is 4.79 Å². The van der Waals surface area contributed by atoms with Gasteiger partial charge in [0.15, 0.2) is 11.5 Å². The van der Waals surface area contributed by atoms with Crippen LogP contribution < -0.4 is 15.0 Å². The van der Waals surface area contributed by atoms with Crippen molar-refractivity contribution >= 4 is 6.08 Å². The van der Waals surface area contributed by atoms with E-state index in [0.717, 1.165) is 11.1 Å². The van der Waals surface area contributed by atoms with Crippen LogP contribution in [-0.4, -0.2) is 18.7 Å². The van der Waals surface area contributed by atoms with Gasteiger partial charge in [0.25, 0.3) is 5.56 Å². The highest BCUT2D eigenvalue weighted by Crippen LogP contribution is 2.33. The summed E-state index contributed by atoms with van der Waals surface area (Å²) in [5, 5.41) is 9.34. The number of hydrogen-bond acceptors (Lipinski definition) is 4. The molecule has 28 heavy (non-hydrogen) atoms. The summed E-state index contributed by atoms with van der Waals surface area (Å²) < 4.78 is 11.2. The Kier molecular flexibility index (Phi) is 5.93. The van der Waals surface area contributed by atoms with E-state index in [1.54, 1.807) is 32.2 Å². The molecule has 2 aromatic carbocycles. The largest absolute Gasteiger partial charge is 0.493 e. The van der Waals surface area contributed by atoms with E-state index in [4.69, 9.17) is 9.47 Å². The van der Waals surface area contributed by atoms with Crippen LogP contribution in [0.25, 0.3) is 17.2 Å². The lowest BCUT2D eigenvalue weighted by Crippen LogP contribution is -2.12. The molecule has 0 saturated heterocycles. The lowest BCUT2D eigenvalue weighted by atomic mass is 10.0. The highest BCUT2D eigenvalue weighted by Gasteiger charge is 2.13. The van der Waals surface area contributed by atoms with Crippen molar-refractivity contribution in [3.8, 4) is 28.7 Å². The van der Waals surface area contributed by atoms with Crippen LogP contribution in [0.2, 0.25) is 0 Å². The lowest BCUT2D eigenvalue weighted by Gasteiger charge is -2.12. The van der Waals surface area contributed by atoms with E-state index in [9.17, 15) is 10.1 Å². The number of rotatable bonds is 6. The third-order valence-electron chi connectivity index (χ3n) is 4.20. The van der Waals surface area contributed by atoms with Crippen molar-refractivity contribution in [3.63, 3.8) is 0 Å². The van der Waals surface area contributed by atoms with Crippen LogP contribution >= 0.6 is 0 Å².